The molecule has 0 amide bonds. The second-order valence-electron chi connectivity index (χ2n) is 8.04. The van der Waals surface area contributed by atoms with Crippen molar-refractivity contribution in [3.8, 4) is 5.88 Å². The summed E-state index contributed by atoms with van der Waals surface area (Å²) in [7, 11) is 1.68. The number of guanidine groups is 1. The smallest absolute Gasteiger partial charge is 0.422 e. The van der Waals surface area contributed by atoms with Crippen LogP contribution in [0.5, 0.6) is 5.88 Å². The molecular weight excluding hydrogens is 538 g/mol. The molecule has 2 aliphatic rings. The van der Waals surface area contributed by atoms with Gasteiger partial charge in [-0.15, -0.1) is 24.0 Å². The van der Waals surface area contributed by atoms with E-state index in [4.69, 9.17) is 9.47 Å². The number of rotatable bonds is 7. The van der Waals surface area contributed by atoms with E-state index in [0.29, 0.717) is 11.5 Å². The Morgan fingerprint density at radius 2 is 1.94 bits per heavy atom. The molecule has 0 bridgehead atoms. The average molecular weight is 571 g/mol. The quantitative estimate of drug-likeness (QED) is 0.298. The van der Waals surface area contributed by atoms with Gasteiger partial charge in [-0.05, 0) is 18.9 Å². The van der Waals surface area contributed by atoms with Gasteiger partial charge in [0.05, 0.1) is 13.2 Å². The molecular formula is C21H33F3IN5O2. The summed E-state index contributed by atoms with van der Waals surface area (Å²) in [5, 5.41) is 6.62. The SMILES string of the molecule is CN=C(NCc1cccnc1OCC(F)(F)F)NCC1(N2CCOCC2)CCCCC1.I. The summed E-state index contributed by atoms with van der Waals surface area (Å²) >= 11 is 0. The predicted molar refractivity (Wildman–Crippen MR) is 128 cm³/mol. The molecule has 2 heterocycles. The molecule has 0 spiro atoms. The van der Waals surface area contributed by atoms with Crippen molar-refractivity contribution in [1.29, 1.82) is 0 Å². The second-order valence-corrected chi connectivity index (χ2v) is 8.04. The summed E-state index contributed by atoms with van der Waals surface area (Å²) in [5.41, 5.74) is 0.616. The molecule has 11 heteroatoms. The highest BCUT2D eigenvalue weighted by atomic mass is 127. The predicted octanol–water partition coefficient (Wildman–Crippen LogP) is 3.34. The summed E-state index contributed by atoms with van der Waals surface area (Å²) in [6.07, 6.45) is 2.96. The topological polar surface area (TPSA) is 71.0 Å². The Labute approximate surface area is 204 Å². The van der Waals surface area contributed by atoms with Crippen molar-refractivity contribution in [1.82, 2.24) is 20.5 Å². The minimum Gasteiger partial charge on any atom is -0.468 e. The number of hydrogen-bond acceptors (Lipinski definition) is 5. The number of morpholine rings is 1. The second kappa shape index (κ2) is 12.8. The highest BCUT2D eigenvalue weighted by Crippen LogP contribution is 2.33. The fraction of sp³-hybridized carbons (Fsp3) is 0.714. The van der Waals surface area contributed by atoms with Crippen LogP contribution < -0.4 is 15.4 Å². The van der Waals surface area contributed by atoms with Gasteiger partial charge >= 0.3 is 6.18 Å². The van der Waals surface area contributed by atoms with E-state index in [1.54, 1.807) is 19.2 Å². The standard InChI is InChI=1S/C21H32F3N5O2.HI/c1-25-19(27-14-17-6-5-9-26-18(17)31-16-21(22,23)24)28-15-20(7-3-2-4-8-20)29-10-12-30-13-11-29;/h5-6,9H,2-4,7-8,10-16H2,1H3,(H2,25,27,28);1H. The van der Waals surface area contributed by atoms with E-state index in [2.05, 4.69) is 25.5 Å². The first-order valence-corrected chi connectivity index (χ1v) is 10.8. The summed E-state index contributed by atoms with van der Waals surface area (Å²) in [6.45, 7) is 3.04. The van der Waals surface area contributed by atoms with E-state index >= 15 is 0 Å². The summed E-state index contributed by atoms with van der Waals surface area (Å²) < 4.78 is 47.9. The van der Waals surface area contributed by atoms with Crippen LogP contribution >= 0.6 is 24.0 Å². The van der Waals surface area contributed by atoms with E-state index < -0.39 is 12.8 Å². The number of nitrogens with one attached hydrogen (secondary N) is 2. The molecule has 0 aromatic carbocycles. The zero-order valence-corrected chi connectivity index (χ0v) is 20.7. The molecule has 1 aromatic rings. The maximum atomic E-state index is 12.5. The molecule has 32 heavy (non-hydrogen) atoms. The van der Waals surface area contributed by atoms with Crippen molar-refractivity contribution in [2.24, 2.45) is 4.99 Å². The highest BCUT2D eigenvalue weighted by molar-refractivity contribution is 14.0. The Morgan fingerprint density at radius 3 is 2.59 bits per heavy atom. The third-order valence-corrected chi connectivity index (χ3v) is 5.94. The lowest BCUT2D eigenvalue weighted by Crippen LogP contribution is -2.60. The van der Waals surface area contributed by atoms with Crippen LogP contribution in [0.3, 0.4) is 0 Å². The molecule has 0 radical (unpaired) electrons. The van der Waals surface area contributed by atoms with Crippen LogP contribution in [0.25, 0.3) is 0 Å². The fourth-order valence-electron chi connectivity index (χ4n) is 4.34. The maximum Gasteiger partial charge on any atom is 0.422 e. The van der Waals surface area contributed by atoms with E-state index in [9.17, 15) is 13.2 Å². The first-order valence-electron chi connectivity index (χ1n) is 10.8. The van der Waals surface area contributed by atoms with Gasteiger partial charge in [0, 0.05) is 50.5 Å². The minimum absolute atomic E-state index is 0. The number of hydrogen-bond donors (Lipinski definition) is 2. The van der Waals surface area contributed by atoms with Crippen molar-refractivity contribution in [3.05, 3.63) is 23.9 Å². The summed E-state index contributed by atoms with van der Waals surface area (Å²) in [4.78, 5) is 10.8. The molecule has 0 atom stereocenters. The summed E-state index contributed by atoms with van der Waals surface area (Å²) in [5.74, 6) is 0.573. The molecule has 1 saturated carbocycles. The Bertz CT molecular complexity index is 724. The van der Waals surface area contributed by atoms with Gasteiger partial charge in [-0.1, -0.05) is 25.3 Å². The van der Waals surface area contributed by atoms with Gasteiger partial charge in [0.1, 0.15) is 0 Å². The molecule has 1 saturated heterocycles. The monoisotopic (exact) mass is 571 g/mol. The molecule has 2 fully saturated rings. The number of pyridine rings is 1. The van der Waals surface area contributed by atoms with Crippen LogP contribution in [-0.4, -0.2) is 74.1 Å². The zero-order chi connectivity index (χ0) is 22.2. The van der Waals surface area contributed by atoms with Gasteiger partial charge in [0.25, 0.3) is 0 Å². The van der Waals surface area contributed by atoms with Crippen LogP contribution in [0, 0.1) is 0 Å². The van der Waals surface area contributed by atoms with Crippen molar-refractivity contribution in [2.75, 3.05) is 46.5 Å². The number of ether oxygens (including phenoxy) is 2. The number of aromatic nitrogens is 1. The average Bonchev–Trinajstić information content (AvgIpc) is 2.79. The zero-order valence-electron chi connectivity index (χ0n) is 18.4. The Hall–Kier alpha value is -1.34. The molecule has 1 aliphatic heterocycles. The van der Waals surface area contributed by atoms with E-state index in [-0.39, 0.29) is 41.9 Å². The molecule has 0 unspecified atom stereocenters. The van der Waals surface area contributed by atoms with Crippen molar-refractivity contribution < 1.29 is 22.6 Å². The molecule has 1 aliphatic carbocycles. The Balaban J connectivity index is 0.00000363. The van der Waals surface area contributed by atoms with Gasteiger partial charge in [0.2, 0.25) is 5.88 Å². The lowest BCUT2D eigenvalue weighted by Gasteiger charge is -2.48. The number of alkyl halides is 3. The lowest BCUT2D eigenvalue weighted by atomic mass is 9.80. The molecule has 182 valence electrons. The number of aliphatic imine (C=N–C) groups is 1. The van der Waals surface area contributed by atoms with Crippen molar-refractivity contribution >= 4 is 29.9 Å². The molecule has 2 N–H and O–H groups in total. The fourth-order valence-corrected chi connectivity index (χ4v) is 4.34. The normalized spacial score (nSPS) is 19.7. The van der Waals surface area contributed by atoms with Gasteiger partial charge in [0.15, 0.2) is 12.6 Å². The maximum absolute atomic E-state index is 12.5. The van der Waals surface area contributed by atoms with Crippen molar-refractivity contribution in [3.63, 3.8) is 0 Å². The third-order valence-electron chi connectivity index (χ3n) is 5.94. The van der Waals surface area contributed by atoms with E-state index in [0.717, 1.165) is 45.7 Å². The van der Waals surface area contributed by atoms with Crippen LogP contribution in [-0.2, 0) is 11.3 Å². The molecule has 1 aromatic heterocycles. The first kappa shape index (κ1) is 26.9. The minimum atomic E-state index is -4.41. The van der Waals surface area contributed by atoms with Crippen LogP contribution in [0.2, 0.25) is 0 Å². The molecule has 7 nitrogen and oxygen atoms in total. The van der Waals surface area contributed by atoms with Crippen molar-refractivity contribution in [2.45, 2.75) is 50.4 Å². The largest absolute Gasteiger partial charge is 0.468 e. The van der Waals surface area contributed by atoms with E-state index in [1.807, 2.05) is 0 Å². The first-order chi connectivity index (χ1) is 14.9. The molecule has 3 rings (SSSR count). The van der Waals surface area contributed by atoms with Gasteiger partial charge in [-0.25, -0.2) is 4.98 Å². The highest BCUT2D eigenvalue weighted by Gasteiger charge is 2.38. The van der Waals surface area contributed by atoms with Crippen LogP contribution in [0.1, 0.15) is 37.7 Å². The van der Waals surface area contributed by atoms with Gasteiger partial charge in [-0.2, -0.15) is 13.2 Å². The Morgan fingerprint density at radius 1 is 1.22 bits per heavy atom. The number of nitrogens with zero attached hydrogens (tertiary/aromatic N) is 3. The van der Waals surface area contributed by atoms with Gasteiger partial charge in [-0.3, -0.25) is 9.89 Å². The van der Waals surface area contributed by atoms with Crippen LogP contribution in [0.4, 0.5) is 13.2 Å². The third kappa shape index (κ3) is 7.91. The summed E-state index contributed by atoms with van der Waals surface area (Å²) in [6, 6.07) is 3.36. The number of halogens is 4. The van der Waals surface area contributed by atoms with Gasteiger partial charge < -0.3 is 20.1 Å². The van der Waals surface area contributed by atoms with Crippen LogP contribution in [0.15, 0.2) is 23.3 Å². The lowest BCUT2D eigenvalue weighted by molar-refractivity contribution is -0.154. The van der Waals surface area contributed by atoms with E-state index in [1.165, 1.54) is 25.5 Å². The Kier molecular flexibility index (Phi) is 10.7.